The van der Waals surface area contributed by atoms with Gasteiger partial charge in [0.15, 0.2) is 0 Å². The number of pyridine rings is 1. The van der Waals surface area contributed by atoms with Crippen LogP contribution in [-0.4, -0.2) is 30.0 Å². The SMILES string of the molecule is O=C(NC1CCN(c2ccnc3cc(Cl)ccc23)CC1)c1ccccc1F. The third-order valence-electron chi connectivity index (χ3n) is 4.97. The van der Waals surface area contributed by atoms with Crippen LogP contribution in [-0.2, 0) is 0 Å². The Morgan fingerprint density at radius 2 is 1.93 bits per heavy atom. The molecule has 1 saturated heterocycles. The van der Waals surface area contributed by atoms with E-state index in [1.807, 2.05) is 24.3 Å². The highest BCUT2D eigenvalue weighted by atomic mass is 35.5. The molecular weight excluding hydrogens is 365 g/mol. The summed E-state index contributed by atoms with van der Waals surface area (Å²) in [6.45, 7) is 1.62. The third kappa shape index (κ3) is 3.74. The number of anilines is 1. The van der Waals surface area contributed by atoms with Gasteiger partial charge in [-0.05, 0) is 49.2 Å². The van der Waals surface area contributed by atoms with Crippen molar-refractivity contribution in [2.24, 2.45) is 0 Å². The van der Waals surface area contributed by atoms with Gasteiger partial charge in [0.1, 0.15) is 5.82 Å². The average Bonchev–Trinajstić information content (AvgIpc) is 2.68. The van der Waals surface area contributed by atoms with Gasteiger partial charge in [0.25, 0.3) is 5.91 Å². The number of carbonyl (C=O) groups is 1. The Hall–Kier alpha value is -2.66. The number of nitrogens with one attached hydrogen (secondary N) is 1. The Morgan fingerprint density at radius 3 is 2.70 bits per heavy atom. The summed E-state index contributed by atoms with van der Waals surface area (Å²) in [6.07, 6.45) is 3.40. The molecule has 0 bridgehead atoms. The molecule has 0 unspecified atom stereocenters. The molecule has 4 nitrogen and oxygen atoms in total. The number of carbonyl (C=O) groups excluding carboxylic acids is 1. The monoisotopic (exact) mass is 383 g/mol. The topological polar surface area (TPSA) is 45.2 Å². The normalized spacial score (nSPS) is 15.1. The second-order valence-electron chi connectivity index (χ2n) is 6.71. The Bertz CT molecular complexity index is 986. The molecule has 4 rings (SSSR count). The van der Waals surface area contributed by atoms with Crippen LogP contribution in [0.15, 0.2) is 54.7 Å². The molecule has 1 aliphatic heterocycles. The minimum absolute atomic E-state index is 0.0379. The summed E-state index contributed by atoms with van der Waals surface area (Å²) < 4.78 is 13.8. The van der Waals surface area contributed by atoms with Crippen molar-refractivity contribution < 1.29 is 9.18 Å². The van der Waals surface area contributed by atoms with Gasteiger partial charge >= 0.3 is 0 Å². The Morgan fingerprint density at radius 1 is 1.15 bits per heavy atom. The molecule has 1 aromatic heterocycles. The fourth-order valence-electron chi connectivity index (χ4n) is 3.56. The van der Waals surface area contributed by atoms with Gasteiger partial charge in [-0.25, -0.2) is 4.39 Å². The molecule has 2 heterocycles. The molecule has 27 heavy (non-hydrogen) atoms. The quantitative estimate of drug-likeness (QED) is 0.727. The highest BCUT2D eigenvalue weighted by molar-refractivity contribution is 6.31. The van der Waals surface area contributed by atoms with Gasteiger partial charge in [-0.1, -0.05) is 23.7 Å². The minimum atomic E-state index is -0.491. The number of aromatic nitrogens is 1. The molecule has 0 radical (unpaired) electrons. The Kier molecular flexibility index (Phi) is 4.94. The number of benzene rings is 2. The molecule has 0 saturated carbocycles. The zero-order valence-electron chi connectivity index (χ0n) is 14.7. The first-order valence-electron chi connectivity index (χ1n) is 8.96. The van der Waals surface area contributed by atoms with Crippen molar-refractivity contribution in [3.63, 3.8) is 0 Å². The maximum Gasteiger partial charge on any atom is 0.254 e. The molecule has 0 spiro atoms. The number of rotatable bonds is 3. The van der Waals surface area contributed by atoms with Crippen molar-refractivity contribution in [3.8, 4) is 0 Å². The van der Waals surface area contributed by atoms with Crippen LogP contribution in [0.25, 0.3) is 10.9 Å². The summed E-state index contributed by atoms with van der Waals surface area (Å²) in [7, 11) is 0. The summed E-state index contributed by atoms with van der Waals surface area (Å²) in [5, 5.41) is 4.69. The van der Waals surface area contributed by atoms with Crippen molar-refractivity contribution in [3.05, 3.63) is 71.1 Å². The lowest BCUT2D eigenvalue weighted by atomic mass is 10.0. The van der Waals surface area contributed by atoms with Crippen LogP contribution in [0.5, 0.6) is 0 Å². The van der Waals surface area contributed by atoms with Crippen LogP contribution in [0.2, 0.25) is 5.02 Å². The van der Waals surface area contributed by atoms with Gasteiger partial charge in [0, 0.05) is 41.4 Å². The third-order valence-corrected chi connectivity index (χ3v) is 5.21. The first kappa shape index (κ1) is 17.7. The van der Waals surface area contributed by atoms with Crippen LogP contribution < -0.4 is 10.2 Å². The highest BCUT2D eigenvalue weighted by Crippen LogP contribution is 2.29. The van der Waals surface area contributed by atoms with Gasteiger partial charge in [-0.3, -0.25) is 9.78 Å². The molecule has 6 heteroatoms. The molecule has 1 aliphatic rings. The lowest BCUT2D eigenvalue weighted by Crippen LogP contribution is -2.45. The van der Waals surface area contributed by atoms with E-state index >= 15 is 0 Å². The van der Waals surface area contributed by atoms with Crippen LogP contribution in [0.4, 0.5) is 10.1 Å². The molecule has 2 aromatic carbocycles. The first-order valence-corrected chi connectivity index (χ1v) is 9.34. The Balaban J connectivity index is 1.44. The molecule has 1 N–H and O–H groups in total. The number of piperidine rings is 1. The molecule has 3 aromatic rings. The van der Waals surface area contributed by atoms with E-state index in [-0.39, 0.29) is 17.5 Å². The summed E-state index contributed by atoms with van der Waals surface area (Å²) in [5.74, 6) is -0.843. The zero-order chi connectivity index (χ0) is 18.8. The highest BCUT2D eigenvalue weighted by Gasteiger charge is 2.23. The maximum atomic E-state index is 13.8. The van der Waals surface area contributed by atoms with Gasteiger partial charge in [0.05, 0.1) is 11.1 Å². The second-order valence-corrected chi connectivity index (χ2v) is 7.14. The van der Waals surface area contributed by atoms with Crippen LogP contribution in [0.1, 0.15) is 23.2 Å². The van der Waals surface area contributed by atoms with E-state index in [2.05, 4.69) is 15.2 Å². The lowest BCUT2D eigenvalue weighted by Gasteiger charge is -2.34. The van der Waals surface area contributed by atoms with E-state index in [1.165, 1.54) is 12.1 Å². The molecule has 1 fully saturated rings. The molecular formula is C21H19ClFN3O. The van der Waals surface area contributed by atoms with Gasteiger partial charge in [-0.2, -0.15) is 0 Å². The summed E-state index contributed by atoms with van der Waals surface area (Å²) in [6, 6.07) is 13.8. The van der Waals surface area contributed by atoms with Crippen molar-refractivity contribution >= 4 is 34.1 Å². The number of hydrogen-bond donors (Lipinski definition) is 1. The molecule has 0 atom stereocenters. The van der Waals surface area contributed by atoms with E-state index in [9.17, 15) is 9.18 Å². The maximum absolute atomic E-state index is 13.8. The van der Waals surface area contributed by atoms with Gasteiger partial charge in [-0.15, -0.1) is 0 Å². The summed E-state index contributed by atoms with van der Waals surface area (Å²) >= 11 is 6.07. The largest absolute Gasteiger partial charge is 0.371 e. The van der Waals surface area contributed by atoms with Crippen LogP contribution in [0.3, 0.4) is 0 Å². The predicted molar refractivity (Wildman–Crippen MR) is 106 cm³/mol. The van der Waals surface area contributed by atoms with E-state index in [0.717, 1.165) is 42.5 Å². The molecule has 138 valence electrons. The predicted octanol–water partition coefficient (Wildman–Crippen LogP) is 4.43. The van der Waals surface area contributed by atoms with Gasteiger partial charge < -0.3 is 10.2 Å². The smallest absolute Gasteiger partial charge is 0.254 e. The number of fused-ring (bicyclic) bond motifs is 1. The van der Waals surface area contributed by atoms with Crippen LogP contribution in [0, 0.1) is 5.82 Å². The van der Waals surface area contributed by atoms with E-state index in [1.54, 1.807) is 18.3 Å². The zero-order valence-corrected chi connectivity index (χ0v) is 15.4. The van der Waals surface area contributed by atoms with Crippen molar-refractivity contribution in [1.82, 2.24) is 10.3 Å². The molecule has 1 amide bonds. The first-order chi connectivity index (χ1) is 13.1. The fourth-order valence-corrected chi connectivity index (χ4v) is 3.72. The van der Waals surface area contributed by atoms with E-state index < -0.39 is 5.82 Å². The number of hydrogen-bond acceptors (Lipinski definition) is 3. The lowest BCUT2D eigenvalue weighted by molar-refractivity contribution is 0.0927. The van der Waals surface area contributed by atoms with Crippen LogP contribution >= 0.6 is 11.6 Å². The number of halogens is 2. The molecule has 0 aliphatic carbocycles. The number of nitrogens with zero attached hydrogens (tertiary/aromatic N) is 2. The van der Waals surface area contributed by atoms with Gasteiger partial charge in [0.2, 0.25) is 0 Å². The van der Waals surface area contributed by atoms with E-state index in [4.69, 9.17) is 11.6 Å². The van der Waals surface area contributed by atoms with Crippen molar-refractivity contribution in [2.45, 2.75) is 18.9 Å². The number of amides is 1. The van der Waals surface area contributed by atoms with Crippen molar-refractivity contribution in [1.29, 1.82) is 0 Å². The minimum Gasteiger partial charge on any atom is -0.371 e. The standard InChI is InChI=1S/C21H19ClFN3O/c22-14-5-6-17-19(13-14)24-10-7-20(17)26-11-8-15(9-12-26)25-21(27)16-3-1-2-4-18(16)23/h1-7,10,13,15H,8-9,11-12H2,(H,25,27). The Labute approximate surface area is 162 Å². The second kappa shape index (κ2) is 7.53. The summed E-state index contributed by atoms with van der Waals surface area (Å²) in [5.41, 5.74) is 2.09. The van der Waals surface area contributed by atoms with E-state index in [0.29, 0.717) is 5.02 Å². The fraction of sp³-hybridized carbons (Fsp3) is 0.238. The summed E-state index contributed by atoms with van der Waals surface area (Å²) in [4.78, 5) is 19.0. The average molecular weight is 384 g/mol. The van der Waals surface area contributed by atoms with Crippen molar-refractivity contribution in [2.75, 3.05) is 18.0 Å².